The summed E-state index contributed by atoms with van der Waals surface area (Å²) in [6.07, 6.45) is -0.359. The second-order valence-corrected chi connectivity index (χ2v) is 7.32. The molecule has 23 heavy (non-hydrogen) atoms. The summed E-state index contributed by atoms with van der Waals surface area (Å²) in [5.74, 6) is -3.11. The molecule has 2 N–H and O–H groups in total. The van der Waals surface area contributed by atoms with Gasteiger partial charge in [-0.3, -0.25) is 18.6 Å². The molecule has 11 heteroatoms. The first-order valence-corrected chi connectivity index (χ1v) is 8.65. The molecule has 0 amide bonds. The number of carboxylic acid groups (broad SMARTS) is 2. The fraction of sp³-hybridized carbons (Fsp3) is 0.750. The number of hydrogen-bond donors (Lipinski definition) is 2. The molecule has 0 spiro atoms. The van der Waals surface area contributed by atoms with Crippen LogP contribution in [0.5, 0.6) is 0 Å². The number of rotatable bonds is 11. The molecular formula is C12H19KO8S2. The van der Waals surface area contributed by atoms with Crippen LogP contribution in [-0.2, 0) is 30.2 Å². The summed E-state index contributed by atoms with van der Waals surface area (Å²) in [6, 6.07) is 0. The second kappa shape index (κ2) is 12.8. The fourth-order valence-electron chi connectivity index (χ4n) is 1.28. The van der Waals surface area contributed by atoms with Gasteiger partial charge in [0.05, 0.1) is 18.4 Å². The van der Waals surface area contributed by atoms with E-state index < -0.39 is 46.1 Å². The van der Waals surface area contributed by atoms with Crippen LogP contribution in [0, 0.1) is 5.41 Å². The Balaban J connectivity index is 0. The minimum absolute atomic E-state index is 0. The molecule has 0 saturated heterocycles. The van der Waals surface area contributed by atoms with Crippen molar-refractivity contribution < 1.29 is 89.5 Å². The maximum absolute atomic E-state index is 11.9. The average molecular weight is 395 g/mol. The number of hydrogen-bond acceptors (Lipinski definition) is 7. The molecule has 0 fully saturated rings. The molecule has 0 heterocycles. The summed E-state index contributed by atoms with van der Waals surface area (Å²) in [7, 11) is 0. The van der Waals surface area contributed by atoms with Gasteiger partial charge in [-0.05, 0) is 20.3 Å². The summed E-state index contributed by atoms with van der Waals surface area (Å²) in [6.45, 7) is 3.06. The van der Waals surface area contributed by atoms with Crippen LogP contribution in [0.15, 0.2) is 0 Å². The van der Waals surface area contributed by atoms with E-state index in [1.807, 2.05) is 0 Å². The first-order valence-electron chi connectivity index (χ1n) is 6.35. The van der Waals surface area contributed by atoms with Gasteiger partial charge in [-0.15, -0.1) is 11.8 Å². The van der Waals surface area contributed by atoms with Crippen molar-refractivity contribution in [1.82, 2.24) is 0 Å². The summed E-state index contributed by atoms with van der Waals surface area (Å²) in [4.78, 5) is 33.4. The van der Waals surface area contributed by atoms with E-state index in [1.165, 1.54) is 0 Å². The van der Waals surface area contributed by atoms with Crippen LogP contribution in [0.2, 0.25) is 0 Å². The number of aliphatic carboxylic acids is 2. The Morgan fingerprint density at radius 2 is 1.87 bits per heavy atom. The van der Waals surface area contributed by atoms with Crippen LogP contribution < -0.4 is 51.4 Å². The van der Waals surface area contributed by atoms with E-state index in [4.69, 9.17) is 14.9 Å². The van der Waals surface area contributed by atoms with Crippen LogP contribution in [-0.4, -0.2) is 60.2 Å². The zero-order chi connectivity index (χ0) is 17.3. The largest absolute Gasteiger partial charge is 1.00 e. The molecule has 0 aromatic rings. The summed E-state index contributed by atoms with van der Waals surface area (Å²) >= 11 is -1.33. The van der Waals surface area contributed by atoms with Crippen molar-refractivity contribution in [3.63, 3.8) is 0 Å². The summed E-state index contributed by atoms with van der Waals surface area (Å²) < 4.78 is 25.6. The third-order valence-corrected chi connectivity index (χ3v) is 4.80. The molecule has 8 nitrogen and oxygen atoms in total. The van der Waals surface area contributed by atoms with Gasteiger partial charge < -0.3 is 19.5 Å². The van der Waals surface area contributed by atoms with E-state index in [2.05, 4.69) is 0 Å². The average Bonchev–Trinajstić information content (AvgIpc) is 2.38. The van der Waals surface area contributed by atoms with Gasteiger partial charge in [-0.25, -0.2) is 0 Å². The van der Waals surface area contributed by atoms with Crippen LogP contribution in [0.1, 0.15) is 26.7 Å². The third-order valence-electron chi connectivity index (χ3n) is 2.52. The molecule has 0 aromatic carbocycles. The van der Waals surface area contributed by atoms with Crippen LogP contribution >= 0.6 is 11.8 Å². The van der Waals surface area contributed by atoms with Crippen LogP contribution in [0.4, 0.5) is 0 Å². The smallest absolute Gasteiger partial charge is 0.772 e. The van der Waals surface area contributed by atoms with Crippen molar-refractivity contribution in [2.24, 2.45) is 5.41 Å². The molecule has 2 unspecified atom stereocenters. The van der Waals surface area contributed by atoms with Crippen molar-refractivity contribution in [1.29, 1.82) is 0 Å². The molecular weight excluding hydrogens is 375 g/mol. The Labute approximate surface area is 183 Å². The number of esters is 1. The number of ether oxygens (including phenoxy) is 1. The predicted octanol–water partition coefficient (Wildman–Crippen LogP) is -2.51. The molecule has 2 atom stereocenters. The van der Waals surface area contributed by atoms with Crippen LogP contribution in [0.3, 0.4) is 0 Å². The minimum Gasteiger partial charge on any atom is -0.772 e. The van der Waals surface area contributed by atoms with Gasteiger partial charge in [0.25, 0.3) is 0 Å². The molecule has 0 radical (unpaired) electrons. The summed E-state index contributed by atoms with van der Waals surface area (Å²) in [5.41, 5.74) is -1.01. The molecule has 0 bridgehead atoms. The Kier molecular flexibility index (Phi) is 14.3. The van der Waals surface area contributed by atoms with Gasteiger partial charge in [0.15, 0.2) is 0 Å². The maximum atomic E-state index is 11.9. The molecule has 0 rings (SSSR count). The van der Waals surface area contributed by atoms with Crippen molar-refractivity contribution >= 4 is 40.8 Å². The Morgan fingerprint density at radius 3 is 2.30 bits per heavy atom. The zero-order valence-electron chi connectivity index (χ0n) is 13.3. The molecule has 0 aliphatic rings. The standard InChI is InChI=1S/C12H20O8S2.K/c1-12(2,11(17)20-4-3-5-22(18)19)7-21-8(10(15)16)6-9(13)14;/h8H,3-7H2,1-2H3,(H,13,14)(H,15,16)(H,18,19);/q;+1/p-1. The molecule has 0 aliphatic heterocycles. The van der Waals surface area contributed by atoms with Crippen molar-refractivity contribution in [2.75, 3.05) is 18.1 Å². The predicted molar refractivity (Wildman–Crippen MR) is 79.3 cm³/mol. The number of carbonyl (C=O) groups is 3. The maximum Gasteiger partial charge on any atom is 1.00 e. The van der Waals surface area contributed by atoms with Crippen molar-refractivity contribution in [3.05, 3.63) is 0 Å². The van der Waals surface area contributed by atoms with Gasteiger partial charge in [-0.1, -0.05) is 11.1 Å². The van der Waals surface area contributed by atoms with E-state index in [0.717, 1.165) is 11.8 Å². The molecule has 128 valence electrons. The zero-order valence-corrected chi connectivity index (χ0v) is 18.0. The number of thioether (sulfide) groups is 1. The third kappa shape index (κ3) is 12.5. The number of carboxylic acids is 2. The molecule has 0 saturated carbocycles. The fourth-order valence-corrected chi connectivity index (χ4v) is 2.77. The Hall–Kier alpha value is 0.506. The molecule has 0 aromatic heterocycles. The van der Waals surface area contributed by atoms with E-state index in [0.29, 0.717) is 0 Å². The van der Waals surface area contributed by atoms with E-state index in [9.17, 15) is 23.1 Å². The summed E-state index contributed by atoms with van der Waals surface area (Å²) in [5, 5.41) is 16.4. The first-order chi connectivity index (χ1) is 10.1. The molecule has 0 aliphatic carbocycles. The van der Waals surface area contributed by atoms with Gasteiger partial charge in [0, 0.05) is 11.5 Å². The van der Waals surface area contributed by atoms with Gasteiger partial charge in [-0.2, -0.15) is 0 Å². The second-order valence-electron chi connectivity index (χ2n) is 5.12. The Bertz CT molecular complexity index is 441. The van der Waals surface area contributed by atoms with E-state index >= 15 is 0 Å². The van der Waals surface area contributed by atoms with Gasteiger partial charge in [0.1, 0.15) is 5.25 Å². The van der Waals surface area contributed by atoms with Crippen molar-refractivity contribution in [3.8, 4) is 0 Å². The van der Waals surface area contributed by atoms with E-state index in [-0.39, 0.29) is 75.9 Å². The SMILES string of the molecule is CC(C)(CSC(CC(=O)O)C(=O)O)C(=O)OCCCS(=O)[O-].[K+]. The van der Waals surface area contributed by atoms with Gasteiger partial charge >= 0.3 is 69.3 Å². The van der Waals surface area contributed by atoms with Crippen LogP contribution in [0.25, 0.3) is 0 Å². The normalized spacial score (nSPS) is 13.5. The van der Waals surface area contributed by atoms with Gasteiger partial charge in [0.2, 0.25) is 0 Å². The number of carbonyl (C=O) groups excluding carboxylic acids is 1. The topological polar surface area (TPSA) is 141 Å². The monoisotopic (exact) mass is 394 g/mol. The van der Waals surface area contributed by atoms with E-state index in [1.54, 1.807) is 13.8 Å². The first kappa shape index (κ1) is 25.7. The quantitative estimate of drug-likeness (QED) is 0.168. The van der Waals surface area contributed by atoms with Crippen molar-refractivity contribution in [2.45, 2.75) is 31.9 Å². The Morgan fingerprint density at radius 1 is 1.30 bits per heavy atom. The minimum atomic E-state index is -2.19.